The topological polar surface area (TPSA) is 73.9 Å². The minimum absolute atomic E-state index is 0.157. The minimum atomic E-state index is -0.906. The van der Waals surface area contributed by atoms with Gasteiger partial charge in [0.1, 0.15) is 18.4 Å². The zero-order chi connectivity index (χ0) is 18.7. The maximum atomic E-state index is 14.1. The number of benzene rings is 1. The van der Waals surface area contributed by atoms with Crippen LogP contribution in [-0.2, 0) is 9.53 Å². The first-order chi connectivity index (χ1) is 12.5. The van der Waals surface area contributed by atoms with Crippen LogP contribution in [0.15, 0.2) is 24.3 Å². The Kier molecular flexibility index (Phi) is 5.61. The minimum Gasteiger partial charge on any atom is -0.442 e. The summed E-state index contributed by atoms with van der Waals surface area (Å²) in [4.78, 5) is 26.6. The highest BCUT2D eigenvalue weighted by Gasteiger charge is 2.33. The quantitative estimate of drug-likeness (QED) is 0.831. The maximum Gasteiger partial charge on any atom is 0.414 e. The average Bonchev–Trinajstić information content (AvgIpc) is 3.00. The molecule has 8 heteroatoms. The van der Waals surface area contributed by atoms with Gasteiger partial charge in [0.05, 0.1) is 13.1 Å². The van der Waals surface area contributed by atoms with Gasteiger partial charge in [0.25, 0.3) is 0 Å². The molecule has 2 fully saturated rings. The van der Waals surface area contributed by atoms with Gasteiger partial charge in [-0.2, -0.15) is 0 Å². The molecule has 1 aromatic rings. The van der Waals surface area contributed by atoms with E-state index in [-0.39, 0.29) is 18.2 Å². The van der Waals surface area contributed by atoms with Gasteiger partial charge in [0.15, 0.2) is 0 Å². The molecule has 2 aliphatic rings. The van der Waals surface area contributed by atoms with Gasteiger partial charge < -0.3 is 15.0 Å². The van der Waals surface area contributed by atoms with Gasteiger partial charge in [-0.25, -0.2) is 9.18 Å². The number of hydrogen-bond donors (Lipinski definition) is 2. The highest BCUT2D eigenvalue weighted by molar-refractivity contribution is 5.90. The molecular formula is C18H25FN4O3. The smallest absolute Gasteiger partial charge is 0.414 e. The number of carbonyl (C=O) groups excluding carboxylic acids is 2. The number of halogens is 1. The lowest BCUT2D eigenvalue weighted by atomic mass is 10.0. The molecule has 0 aliphatic carbocycles. The van der Waals surface area contributed by atoms with Gasteiger partial charge in [0, 0.05) is 24.8 Å². The Labute approximate surface area is 152 Å². The van der Waals surface area contributed by atoms with Crippen molar-refractivity contribution in [3.63, 3.8) is 0 Å². The number of amides is 2. The average molecular weight is 364 g/mol. The number of cyclic esters (lactones) is 1. The molecule has 0 spiro atoms. The fourth-order valence-electron chi connectivity index (χ4n) is 3.50. The summed E-state index contributed by atoms with van der Waals surface area (Å²) in [5.74, 6) is -0.157. The molecular weight excluding hydrogens is 339 g/mol. The van der Waals surface area contributed by atoms with Gasteiger partial charge >= 0.3 is 6.09 Å². The number of alkyl halides is 1. The Morgan fingerprint density at radius 1 is 1.31 bits per heavy atom. The highest BCUT2D eigenvalue weighted by Crippen LogP contribution is 2.29. The van der Waals surface area contributed by atoms with Crippen LogP contribution in [0.1, 0.15) is 19.8 Å². The zero-order valence-electron chi connectivity index (χ0n) is 15.1. The van der Waals surface area contributed by atoms with E-state index in [1.165, 1.54) is 6.92 Å². The molecule has 3 atom stereocenters. The molecule has 2 saturated heterocycles. The summed E-state index contributed by atoms with van der Waals surface area (Å²) in [7, 11) is 1.76. The Balaban J connectivity index is 1.67. The Bertz CT molecular complexity index is 654. The first kappa shape index (κ1) is 18.4. The molecule has 2 heterocycles. The lowest BCUT2D eigenvalue weighted by Crippen LogP contribution is -2.54. The van der Waals surface area contributed by atoms with E-state index in [1.54, 1.807) is 11.9 Å². The van der Waals surface area contributed by atoms with E-state index < -0.39 is 12.3 Å². The number of piperidine rings is 1. The second-order valence-corrected chi connectivity index (χ2v) is 6.65. The van der Waals surface area contributed by atoms with Crippen molar-refractivity contribution < 1.29 is 18.7 Å². The molecule has 2 N–H and O–H groups in total. The normalized spacial score (nSPS) is 26.0. The molecule has 26 heavy (non-hydrogen) atoms. The van der Waals surface area contributed by atoms with Crippen LogP contribution < -0.4 is 20.4 Å². The van der Waals surface area contributed by atoms with E-state index in [0.29, 0.717) is 19.5 Å². The molecule has 0 bridgehead atoms. The first-order valence-electron chi connectivity index (χ1n) is 8.90. The van der Waals surface area contributed by atoms with Crippen molar-refractivity contribution >= 4 is 23.4 Å². The molecule has 142 valence electrons. The number of ether oxygens (including phenoxy) is 1. The highest BCUT2D eigenvalue weighted by atomic mass is 19.1. The van der Waals surface area contributed by atoms with Crippen molar-refractivity contribution in [2.75, 3.05) is 36.5 Å². The number of hydrogen-bond acceptors (Lipinski definition) is 5. The summed E-state index contributed by atoms with van der Waals surface area (Å²) in [6, 6.07) is 7.47. The molecule has 3 rings (SSSR count). The van der Waals surface area contributed by atoms with E-state index in [9.17, 15) is 14.0 Å². The summed E-state index contributed by atoms with van der Waals surface area (Å²) in [6.07, 6.45) is -0.665. The van der Waals surface area contributed by atoms with Gasteiger partial charge in [-0.05, 0) is 44.2 Å². The van der Waals surface area contributed by atoms with Crippen LogP contribution in [0.4, 0.5) is 20.6 Å². The molecule has 0 unspecified atom stereocenters. The van der Waals surface area contributed by atoms with Crippen LogP contribution in [0.3, 0.4) is 0 Å². The largest absolute Gasteiger partial charge is 0.442 e. The number of carbonyl (C=O) groups is 2. The van der Waals surface area contributed by atoms with E-state index in [4.69, 9.17) is 4.74 Å². The summed E-state index contributed by atoms with van der Waals surface area (Å²) in [5.41, 5.74) is 1.64. The Hall–Kier alpha value is -2.35. The fraction of sp³-hybridized carbons (Fsp3) is 0.556. The van der Waals surface area contributed by atoms with E-state index in [1.807, 2.05) is 29.2 Å². The first-order valence-corrected chi connectivity index (χ1v) is 8.90. The SMILES string of the molecule is CN[C@@H]1[C@@H](F)CCCN1c1ccc(N2C[C@H](CNC(C)=O)OC2=O)cc1. The van der Waals surface area contributed by atoms with Crippen molar-refractivity contribution in [3.8, 4) is 0 Å². The summed E-state index contributed by atoms with van der Waals surface area (Å²) in [5, 5.41) is 5.70. The molecule has 0 saturated carbocycles. The lowest BCUT2D eigenvalue weighted by molar-refractivity contribution is -0.119. The summed E-state index contributed by atoms with van der Waals surface area (Å²) < 4.78 is 19.4. The molecule has 0 aromatic heterocycles. The second kappa shape index (κ2) is 7.90. The van der Waals surface area contributed by atoms with Crippen molar-refractivity contribution in [2.24, 2.45) is 0 Å². The third-order valence-corrected chi connectivity index (χ3v) is 4.80. The van der Waals surface area contributed by atoms with Crippen molar-refractivity contribution in [1.82, 2.24) is 10.6 Å². The number of nitrogens with zero attached hydrogens (tertiary/aromatic N) is 2. The van der Waals surface area contributed by atoms with Gasteiger partial charge in [-0.1, -0.05) is 0 Å². The third kappa shape index (κ3) is 3.90. The van der Waals surface area contributed by atoms with E-state index in [2.05, 4.69) is 10.6 Å². The maximum absolute atomic E-state index is 14.1. The van der Waals surface area contributed by atoms with Crippen molar-refractivity contribution in [2.45, 2.75) is 38.2 Å². The third-order valence-electron chi connectivity index (χ3n) is 4.80. The standard InChI is InChI=1S/C18H25FN4O3/c1-12(24)21-10-15-11-23(18(25)26-15)14-7-5-13(6-8-14)22-9-3-4-16(19)17(22)20-2/h5-8,15-17,20H,3-4,9-11H2,1-2H3,(H,21,24)/t15-,16-,17-/m0/s1. The van der Waals surface area contributed by atoms with Crippen molar-refractivity contribution in [3.05, 3.63) is 24.3 Å². The Morgan fingerprint density at radius 2 is 2.00 bits per heavy atom. The van der Waals surface area contributed by atoms with Crippen LogP contribution in [-0.4, -0.2) is 57.1 Å². The van der Waals surface area contributed by atoms with Crippen LogP contribution in [0.5, 0.6) is 0 Å². The van der Waals surface area contributed by atoms with Gasteiger partial charge in [-0.3, -0.25) is 15.0 Å². The zero-order valence-corrected chi connectivity index (χ0v) is 15.1. The predicted octanol–water partition coefficient (Wildman–Crippen LogP) is 1.63. The summed E-state index contributed by atoms with van der Waals surface area (Å²) >= 11 is 0. The monoisotopic (exact) mass is 364 g/mol. The molecule has 2 amide bonds. The number of nitrogens with one attached hydrogen (secondary N) is 2. The van der Waals surface area contributed by atoms with Gasteiger partial charge in [0.2, 0.25) is 5.91 Å². The van der Waals surface area contributed by atoms with E-state index >= 15 is 0 Å². The number of anilines is 2. The molecule has 2 aliphatic heterocycles. The van der Waals surface area contributed by atoms with Crippen LogP contribution in [0.2, 0.25) is 0 Å². The van der Waals surface area contributed by atoms with E-state index in [0.717, 1.165) is 24.3 Å². The van der Waals surface area contributed by atoms with Crippen molar-refractivity contribution in [1.29, 1.82) is 0 Å². The number of rotatable bonds is 5. The lowest BCUT2D eigenvalue weighted by Gasteiger charge is -2.39. The van der Waals surface area contributed by atoms with Gasteiger partial charge in [-0.15, -0.1) is 0 Å². The molecule has 1 aromatic carbocycles. The second-order valence-electron chi connectivity index (χ2n) is 6.65. The van der Waals surface area contributed by atoms with Crippen LogP contribution in [0.25, 0.3) is 0 Å². The Morgan fingerprint density at radius 3 is 2.65 bits per heavy atom. The fourth-order valence-corrected chi connectivity index (χ4v) is 3.50. The molecule has 7 nitrogen and oxygen atoms in total. The van der Waals surface area contributed by atoms with Crippen LogP contribution >= 0.6 is 0 Å². The summed E-state index contributed by atoms with van der Waals surface area (Å²) in [6.45, 7) is 2.89. The van der Waals surface area contributed by atoms with Crippen LogP contribution in [0, 0.1) is 0 Å². The predicted molar refractivity (Wildman–Crippen MR) is 97.1 cm³/mol. The molecule has 0 radical (unpaired) electrons.